The molecule has 8 nitrogen and oxygen atoms in total. The maximum Gasteiger partial charge on any atom is 0.124 e. The summed E-state index contributed by atoms with van der Waals surface area (Å²) in [6, 6.07) is 12.2. The fourth-order valence-corrected chi connectivity index (χ4v) is 4.98. The fourth-order valence-electron chi connectivity index (χ4n) is 4.98. The van der Waals surface area contributed by atoms with Gasteiger partial charge in [-0.3, -0.25) is 9.98 Å². The average Bonchev–Trinajstić information content (AvgIpc) is 3.78. The predicted octanol–water partition coefficient (Wildman–Crippen LogP) is 5.34. The van der Waals surface area contributed by atoms with Crippen LogP contribution in [-0.4, -0.2) is 74.7 Å². The van der Waals surface area contributed by atoms with Crippen LogP contribution in [0.3, 0.4) is 0 Å². The number of hydrogen-bond acceptors (Lipinski definition) is 8. The summed E-state index contributed by atoms with van der Waals surface area (Å²) in [4.78, 5) is 19.0. The van der Waals surface area contributed by atoms with E-state index in [1.54, 1.807) is 20.4 Å². The van der Waals surface area contributed by atoms with Crippen LogP contribution < -0.4 is 14.4 Å². The van der Waals surface area contributed by atoms with E-state index in [0.29, 0.717) is 11.8 Å². The molecule has 2 fully saturated rings. The van der Waals surface area contributed by atoms with Crippen LogP contribution in [-0.2, 0) is 0 Å². The maximum atomic E-state index is 8.02. The molecular weight excluding hydrogens is 476 g/mol. The van der Waals surface area contributed by atoms with Crippen LogP contribution in [0, 0.1) is 17.2 Å². The first-order valence-corrected chi connectivity index (χ1v) is 13.5. The minimum Gasteiger partial charge on any atom is -0.497 e. The molecule has 1 atom stereocenters. The van der Waals surface area contributed by atoms with Gasteiger partial charge in [-0.1, -0.05) is 0 Å². The molecular formula is C30H38N6O2. The third-order valence-electron chi connectivity index (χ3n) is 7.63. The van der Waals surface area contributed by atoms with Crippen LogP contribution in [0.1, 0.15) is 37.3 Å². The second kappa shape index (κ2) is 11.9. The third kappa shape index (κ3) is 6.30. The number of rotatable bonds is 11. The van der Waals surface area contributed by atoms with E-state index in [9.17, 15) is 0 Å². The highest BCUT2D eigenvalue weighted by Crippen LogP contribution is 2.38. The Labute approximate surface area is 225 Å². The van der Waals surface area contributed by atoms with Crippen LogP contribution in [0.25, 0.3) is 11.0 Å². The fraction of sp³-hybridized carbons (Fsp3) is 0.467. The quantitative estimate of drug-likeness (QED) is 0.348. The number of benzene rings is 2. The molecule has 38 heavy (non-hydrogen) atoms. The SMILES string of the molecule is COc1cc(OC)cc(N(CC2CC2)c2ccc3ncc(C(C=N)C=NCC4CCN(C)CC4)nc3c2)c1. The zero-order valence-corrected chi connectivity index (χ0v) is 22.6. The molecule has 2 aromatic carbocycles. The summed E-state index contributed by atoms with van der Waals surface area (Å²) in [5.41, 5.74) is 4.46. The van der Waals surface area contributed by atoms with E-state index in [-0.39, 0.29) is 5.92 Å². The zero-order valence-electron chi connectivity index (χ0n) is 22.6. The van der Waals surface area contributed by atoms with Gasteiger partial charge in [0.25, 0.3) is 0 Å². The number of piperidine rings is 1. The third-order valence-corrected chi connectivity index (χ3v) is 7.63. The Hall–Kier alpha value is -3.52. The molecule has 3 aromatic rings. The van der Waals surface area contributed by atoms with Gasteiger partial charge in [0.1, 0.15) is 11.5 Å². The normalized spacial score (nSPS) is 17.6. The summed E-state index contributed by atoms with van der Waals surface area (Å²) in [7, 11) is 5.52. The zero-order chi connectivity index (χ0) is 26.5. The van der Waals surface area contributed by atoms with Crippen LogP contribution in [0.5, 0.6) is 11.5 Å². The van der Waals surface area contributed by atoms with Crippen LogP contribution in [0.15, 0.2) is 47.6 Å². The Morgan fingerprint density at radius 2 is 1.74 bits per heavy atom. The van der Waals surface area contributed by atoms with E-state index in [2.05, 4.69) is 34.0 Å². The second-order valence-corrected chi connectivity index (χ2v) is 10.5. The summed E-state index contributed by atoms with van der Waals surface area (Å²) in [5.74, 6) is 2.52. The lowest BCUT2D eigenvalue weighted by molar-refractivity contribution is 0.224. The summed E-state index contributed by atoms with van der Waals surface area (Å²) in [5, 5.41) is 8.02. The van der Waals surface area contributed by atoms with Crippen molar-refractivity contribution in [3.8, 4) is 11.5 Å². The minimum absolute atomic E-state index is 0.285. The number of methoxy groups -OCH3 is 2. The van der Waals surface area contributed by atoms with Gasteiger partial charge in [-0.25, -0.2) is 4.98 Å². The Morgan fingerprint density at radius 3 is 2.39 bits per heavy atom. The van der Waals surface area contributed by atoms with Crippen molar-refractivity contribution in [1.82, 2.24) is 14.9 Å². The lowest BCUT2D eigenvalue weighted by atomic mass is 9.97. The van der Waals surface area contributed by atoms with Gasteiger partial charge in [0.05, 0.1) is 43.1 Å². The van der Waals surface area contributed by atoms with Crippen molar-refractivity contribution >= 4 is 34.8 Å². The molecule has 1 N–H and O–H groups in total. The highest BCUT2D eigenvalue weighted by atomic mass is 16.5. The molecule has 0 amide bonds. The van der Waals surface area contributed by atoms with E-state index in [1.165, 1.54) is 31.9 Å². The predicted molar refractivity (Wildman–Crippen MR) is 154 cm³/mol. The van der Waals surface area contributed by atoms with E-state index in [4.69, 9.17) is 24.9 Å². The molecule has 1 unspecified atom stereocenters. The first-order chi connectivity index (χ1) is 18.6. The number of aromatic nitrogens is 2. The lowest BCUT2D eigenvalue weighted by Gasteiger charge is -2.27. The Bertz CT molecular complexity index is 1260. The van der Waals surface area contributed by atoms with E-state index in [0.717, 1.165) is 65.8 Å². The molecule has 0 spiro atoms. The van der Waals surface area contributed by atoms with Gasteiger partial charge in [-0.15, -0.1) is 0 Å². The van der Waals surface area contributed by atoms with Gasteiger partial charge in [-0.05, 0) is 75.9 Å². The van der Waals surface area contributed by atoms with Crippen molar-refractivity contribution < 1.29 is 9.47 Å². The molecule has 8 heteroatoms. The monoisotopic (exact) mass is 514 g/mol. The molecule has 1 aliphatic heterocycles. The topological polar surface area (TPSA) is 86.9 Å². The molecule has 5 rings (SSSR count). The largest absolute Gasteiger partial charge is 0.497 e. The molecule has 1 saturated heterocycles. The molecule has 1 aromatic heterocycles. The van der Waals surface area contributed by atoms with Crippen molar-refractivity contribution in [2.75, 3.05) is 52.3 Å². The molecule has 1 saturated carbocycles. The van der Waals surface area contributed by atoms with Crippen LogP contribution in [0.4, 0.5) is 11.4 Å². The van der Waals surface area contributed by atoms with Crippen molar-refractivity contribution in [2.45, 2.75) is 31.6 Å². The van der Waals surface area contributed by atoms with Gasteiger partial charge in [0.15, 0.2) is 0 Å². The maximum absolute atomic E-state index is 8.02. The van der Waals surface area contributed by atoms with Gasteiger partial charge in [0.2, 0.25) is 0 Å². The minimum atomic E-state index is -0.285. The molecule has 1 aliphatic carbocycles. The highest BCUT2D eigenvalue weighted by Gasteiger charge is 2.26. The number of nitrogens with one attached hydrogen (secondary N) is 1. The standard InChI is InChI=1S/C30H38N6O2/c1-35-10-8-21(9-11-35)17-32-18-23(16-31)30-19-33-28-7-6-24(14-29(28)34-30)36(20-22-4-5-22)25-12-26(37-2)15-27(13-25)38-3/h6-7,12-16,18-19,21-23,31H,4-5,8-11,17,20H2,1-3H3. The van der Waals surface area contributed by atoms with Gasteiger partial charge in [-0.2, -0.15) is 0 Å². The molecule has 0 radical (unpaired) electrons. The van der Waals surface area contributed by atoms with Crippen molar-refractivity contribution in [2.24, 2.45) is 16.8 Å². The molecule has 200 valence electrons. The summed E-state index contributed by atoms with van der Waals surface area (Å²) in [6.07, 6.45) is 9.89. The van der Waals surface area contributed by atoms with Crippen molar-refractivity contribution in [1.29, 1.82) is 5.41 Å². The van der Waals surface area contributed by atoms with Crippen molar-refractivity contribution in [3.63, 3.8) is 0 Å². The van der Waals surface area contributed by atoms with E-state index < -0.39 is 0 Å². The highest BCUT2D eigenvalue weighted by molar-refractivity contribution is 5.89. The smallest absolute Gasteiger partial charge is 0.124 e. The van der Waals surface area contributed by atoms with Gasteiger partial charge in [0, 0.05) is 55.1 Å². The van der Waals surface area contributed by atoms with E-state index >= 15 is 0 Å². The first kappa shape index (κ1) is 26.1. The number of aliphatic imine (C=N–C) groups is 1. The first-order valence-electron chi connectivity index (χ1n) is 13.5. The van der Waals surface area contributed by atoms with Gasteiger partial charge < -0.3 is 24.7 Å². The molecule has 0 bridgehead atoms. The average molecular weight is 515 g/mol. The van der Waals surface area contributed by atoms with E-state index in [1.807, 2.05) is 30.5 Å². The Balaban J connectivity index is 1.40. The number of fused-ring (bicyclic) bond motifs is 1. The van der Waals surface area contributed by atoms with Crippen molar-refractivity contribution in [3.05, 3.63) is 48.3 Å². The molecule has 2 aliphatic rings. The number of hydrogen-bond donors (Lipinski definition) is 1. The number of nitrogens with zero attached hydrogens (tertiary/aromatic N) is 5. The van der Waals surface area contributed by atoms with Crippen LogP contribution in [0.2, 0.25) is 0 Å². The number of likely N-dealkylation sites (tertiary alicyclic amines) is 1. The second-order valence-electron chi connectivity index (χ2n) is 10.5. The Morgan fingerprint density at radius 1 is 1.00 bits per heavy atom. The summed E-state index contributed by atoms with van der Waals surface area (Å²) < 4.78 is 11.1. The number of ether oxygens (including phenoxy) is 2. The summed E-state index contributed by atoms with van der Waals surface area (Å²) >= 11 is 0. The summed E-state index contributed by atoms with van der Waals surface area (Å²) in [6.45, 7) is 3.99. The van der Waals surface area contributed by atoms with Crippen LogP contribution >= 0.6 is 0 Å². The molecule has 2 heterocycles. The number of anilines is 2. The van der Waals surface area contributed by atoms with Gasteiger partial charge >= 0.3 is 0 Å². The Kier molecular flexibility index (Phi) is 8.17. The lowest BCUT2D eigenvalue weighted by Crippen LogP contribution is -2.31.